The molecule has 1 amide bonds. The van der Waals surface area contributed by atoms with Crippen molar-refractivity contribution in [3.05, 3.63) is 51.7 Å². The molecule has 3 rings (SSSR count). The molecule has 1 aromatic carbocycles. The molecule has 1 aromatic heterocycles. The fraction of sp³-hybridized carbons (Fsp3) is 0.389. The summed E-state index contributed by atoms with van der Waals surface area (Å²) in [6.45, 7) is 1.90. The second kappa shape index (κ2) is 7.82. The van der Waals surface area contributed by atoms with Crippen LogP contribution in [0.15, 0.2) is 34.2 Å². The van der Waals surface area contributed by atoms with Crippen molar-refractivity contribution in [2.75, 3.05) is 5.32 Å². The van der Waals surface area contributed by atoms with Crippen LogP contribution in [0, 0.1) is 5.82 Å². The van der Waals surface area contributed by atoms with Crippen LogP contribution < -0.4 is 10.9 Å². The number of halogens is 1. The number of aromatic amines is 1. The van der Waals surface area contributed by atoms with E-state index >= 15 is 0 Å². The van der Waals surface area contributed by atoms with Crippen LogP contribution in [0.4, 0.5) is 10.1 Å². The number of aryl methyl sites for hydroxylation is 1. The van der Waals surface area contributed by atoms with Crippen LogP contribution in [0.25, 0.3) is 0 Å². The Kier molecular flexibility index (Phi) is 5.53. The summed E-state index contributed by atoms with van der Waals surface area (Å²) >= 11 is 1.25. The van der Waals surface area contributed by atoms with Crippen LogP contribution in [0.1, 0.15) is 37.4 Å². The molecular formula is C18H20FN3O2S. The number of nitrogens with zero attached hydrogens (tertiary/aromatic N) is 1. The van der Waals surface area contributed by atoms with E-state index in [1.165, 1.54) is 36.0 Å². The number of carbonyl (C=O) groups is 1. The third-order valence-electron chi connectivity index (χ3n) is 4.20. The van der Waals surface area contributed by atoms with Gasteiger partial charge in [-0.25, -0.2) is 9.37 Å². The van der Waals surface area contributed by atoms with Crippen molar-refractivity contribution in [3.8, 4) is 0 Å². The van der Waals surface area contributed by atoms with Gasteiger partial charge in [-0.05, 0) is 56.4 Å². The Morgan fingerprint density at radius 3 is 2.76 bits per heavy atom. The highest BCUT2D eigenvalue weighted by atomic mass is 32.2. The van der Waals surface area contributed by atoms with Crippen LogP contribution in [-0.4, -0.2) is 21.1 Å². The predicted molar refractivity (Wildman–Crippen MR) is 96.5 cm³/mol. The lowest BCUT2D eigenvalue weighted by molar-refractivity contribution is -0.115. The highest BCUT2D eigenvalue weighted by Gasteiger charge is 2.22. The summed E-state index contributed by atoms with van der Waals surface area (Å²) in [6.07, 6.45) is 4.21. The summed E-state index contributed by atoms with van der Waals surface area (Å²) in [4.78, 5) is 32.0. The monoisotopic (exact) mass is 361 g/mol. The second-order valence-corrected chi connectivity index (χ2v) is 7.21. The van der Waals surface area contributed by atoms with E-state index in [-0.39, 0.29) is 17.3 Å². The number of benzene rings is 1. The number of nitrogens with one attached hydrogen (secondary N) is 2. The molecule has 2 aromatic rings. The maximum Gasteiger partial charge on any atom is 0.254 e. The van der Waals surface area contributed by atoms with Gasteiger partial charge in [0, 0.05) is 11.3 Å². The van der Waals surface area contributed by atoms with Gasteiger partial charge in [0.25, 0.3) is 5.56 Å². The first kappa shape index (κ1) is 17.7. The summed E-state index contributed by atoms with van der Waals surface area (Å²) < 4.78 is 13.0. The van der Waals surface area contributed by atoms with E-state index in [1.54, 1.807) is 0 Å². The predicted octanol–water partition coefficient (Wildman–Crippen LogP) is 3.30. The molecule has 7 heteroatoms. The summed E-state index contributed by atoms with van der Waals surface area (Å²) in [5, 5.41) is 2.86. The lowest BCUT2D eigenvalue weighted by atomic mass is 9.97. The number of carbonyl (C=O) groups excluding carboxylic acids is 1. The molecule has 0 saturated heterocycles. The van der Waals surface area contributed by atoms with Gasteiger partial charge in [-0.1, -0.05) is 18.7 Å². The molecule has 1 atom stereocenters. The van der Waals surface area contributed by atoms with Gasteiger partial charge in [-0.15, -0.1) is 0 Å². The molecular weight excluding hydrogens is 341 g/mol. The van der Waals surface area contributed by atoms with E-state index in [0.717, 1.165) is 36.9 Å². The molecule has 0 fully saturated rings. The van der Waals surface area contributed by atoms with E-state index < -0.39 is 5.25 Å². The minimum absolute atomic E-state index is 0.0963. The van der Waals surface area contributed by atoms with Crippen molar-refractivity contribution < 1.29 is 9.18 Å². The zero-order valence-corrected chi connectivity index (χ0v) is 14.8. The average molecular weight is 361 g/mol. The minimum atomic E-state index is -0.394. The number of thioether (sulfide) groups is 1. The van der Waals surface area contributed by atoms with Gasteiger partial charge in [-0.3, -0.25) is 9.59 Å². The maximum absolute atomic E-state index is 13.0. The fourth-order valence-electron chi connectivity index (χ4n) is 2.85. The van der Waals surface area contributed by atoms with Gasteiger partial charge in [0.1, 0.15) is 5.82 Å². The number of hydrogen-bond acceptors (Lipinski definition) is 4. The van der Waals surface area contributed by atoms with Gasteiger partial charge in [0.15, 0.2) is 5.16 Å². The summed E-state index contributed by atoms with van der Waals surface area (Å²) in [5.74, 6) is -0.547. The number of aromatic nitrogens is 2. The Morgan fingerprint density at radius 1 is 1.32 bits per heavy atom. The van der Waals surface area contributed by atoms with E-state index in [9.17, 15) is 14.0 Å². The second-order valence-electron chi connectivity index (χ2n) is 6.01. The van der Waals surface area contributed by atoms with E-state index in [2.05, 4.69) is 15.3 Å². The van der Waals surface area contributed by atoms with E-state index in [1.807, 2.05) is 6.92 Å². The van der Waals surface area contributed by atoms with Gasteiger partial charge in [0.2, 0.25) is 5.91 Å². The molecule has 2 N–H and O–H groups in total. The molecule has 1 aliphatic carbocycles. The number of hydrogen-bond donors (Lipinski definition) is 2. The third-order valence-corrected chi connectivity index (χ3v) is 5.45. The molecule has 132 valence electrons. The van der Waals surface area contributed by atoms with Crippen molar-refractivity contribution in [1.82, 2.24) is 9.97 Å². The maximum atomic E-state index is 13.0. The summed E-state index contributed by atoms with van der Waals surface area (Å²) in [5.41, 5.74) is 2.07. The highest BCUT2D eigenvalue weighted by molar-refractivity contribution is 8.00. The zero-order valence-electron chi connectivity index (χ0n) is 14.0. The van der Waals surface area contributed by atoms with Gasteiger partial charge >= 0.3 is 0 Å². The molecule has 0 spiro atoms. The quantitative estimate of drug-likeness (QED) is 0.633. The molecule has 0 aliphatic heterocycles. The Hall–Kier alpha value is -2.15. The number of fused-ring (bicyclic) bond motifs is 1. The Morgan fingerprint density at radius 2 is 2.04 bits per heavy atom. The molecule has 0 saturated carbocycles. The molecule has 1 aliphatic rings. The molecule has 5 nitrogen and oxygen atoms in total. The van der Waals surface area contributed by atoms with Crippen LogP contribution in [0.3, 0.4) is 0 Å². The largest absolute Gasteiger partial charge is 0.325 e. The highest BCUT2D eigenvalue weighted by Crippen LogP contribution is 2.25. The van der Waals surface area contributed by atoms with E-state index in [4.69, 9.17) is 0 Å². The van der Waals surface area contributed by atoms with Crippen LogP contribution in [0.5, 0.6) is 0 Å². The molecule has 0 radical (unpaired) electrons. The minimum Gasteiger partial charge on any atom is -0.325 e. The molecule has 1 unspecified atom stereocenters. The first-order valence-electron chi connectivity index (χ1n) is 8.42. The number of amides is 1. The first-order valence-corrected chi connectivity index (χ1v) is 9.30. The number of rotatable bonds is 5. The van der Waals surface area contributed by atoms with Crippen molar-refractivity contribution >= 4 is 23.4 Å². The first-order chi connectivity index (χ1) is 12.1. The summed E-state index contributed by atoms with van der Waals surface area (Å²) in [7, 11) is 0. The van der Waals surface area contributed by atoms with Gasteiger partial charge in [0.05, 0.1) is 10.9 Å². The molecule has 0 bridgehead atoms. The number of anilines is 1. The third kappa shape index (κ3) is 4.28. The topological polar surface area (TPSA) is 74.8 Å². The fourth-order valence-corrected chi connectivity index (χ4v) is 3.77. The normalized spacial score (nSPS) is 14.6. The molecule has 1 heterocycles. The number of H-pyrrole nitrogens is 1. The van der Waals surface area contributed by atoms with Gasteiger partial charge < -0.3 is 10.3 Å². The van der Waals surface area contributed by atoms with Crippen molar-refractivity contribution in [2.24, 2.45) is 0 Å². The van der Waals surface area contributed by atoms with E-state index in [0.29, 0.717) is 17.3 Å². The SMILES string of the molecule is CCC(Sc1nc2c(c(=O)[nH]1)CCCC2)C(=O)Nc1ccc(F)cc1. The lowest BCUT2D eigenvalue weighted by Crippen LogP contribution is -2.26. The van der Waals surface area contributed by atoms with Crippen LogP contribution in [-0.2, 0) is 17.6 Å². The smallest absolute Gasteiger partial charge is 0.254 e. The van der Waals surface area contributed by atoms with Crippen molar-refractivity contribution in [2.45, 2.75) is 49.4 Å². The lowest BCUT2D eigenvalue weighted by Gasteiger charge is -2.17. The van der Waals surface area contributed by atoms with Crippen molar-refractivity contribution in [3.63, 3.8) is 0 Å². The van der Waals surface area contributed by atoms with Crippen molar-refractivity contribution in [1.29, 1.82) is 0 Å². The van der Waals surface area contributed by atoms with Crippen LogP contribution >= 0.6 is 11.8 Å². The van der Waals surface area contributed by atoms with Gasteiger partial charge in [-0.2, -0.15) is 0 Å². The molecule has 25 heavy (non-hydrogen) atoms. The average Bonchev–Trinajstić information content (AvgIpc) is 2.61. The Balaban J connectivity index is 1.73. The van der Waals surface area contributed by atoms with Crippen LogP contribution in [0.2, 0.25) is 0 Å². The zero-order chi connectivity index (χ0) is 17.8. The Labute approximate surface area is 149 Å². The Bertz CT molecular complexity index is 820. The summed E-state index contributed by atoms with van der Waals surface area (Å²) in [6, 6.07) is 5.63. The standard InChI is InChI=1S/C18H20FN3O2S/c1-2-15(17(24)20-12-9-7-11(19)8-10-12)25-18-21-14-6-4-3-5-13(14)16(23)22-18/h7-10,15H,2-6H2,1H3,(H,20,24)(H,21,22,23).